The highest BCUT2D eigenvalue weighted by molar-refractivity contribution is 5.76. The molecule has 4 heterocycles. The van der Waals surface area contributed by atoms with Crippen LogP contribution in [0.3, 0.4) is 0 Å². The van der Waals surface area contributed by atoms with Gasteiger partial charge in [0.25, 0.3) is 5.56 Å². The first-order valence-electron chi connectivity index (χ1n) is 7.86. The second-order valence-electron chi connectivity index (χ2n) is 6.22. The molecule has 0 aliphatic carbocycles. The molecule has 1 amide bonds. The quantitative estimate of drug-likeness (QED) is 0.698. The van der Waals surface area contributed by atoms with Crippen molar-refractivity contribution in [3.8, 4) is 0 Å². The fourth-order valence-corrected chi connectivity index (χ4v) is 3.15. The van der Waals surface area contributed by atoms with Gasteiger partial charge >= 0.3 is 0 Å². The highest BCUT2D eigenvalue weighted by Crippen LogP contribution is 2.22. The molecule has 0 N–H and O–H groups in total. The Hall–Kier alpha value is -2.90. The van der Waals surface area contributed by atoms with Gasteiger partial charge in [-0.2, -0.15) is 10.2 Å². The maximum atomic E-state index is 12.4. The van der Waals surface area contributed by atoms with Crippen LogP contribution in [0.4, 0.5) is 0 Å². The molecular formula is C16H18N6O2. The summed E-state index contributed by atoms with van der Waals surface area (Å²) in [6, 6.07) is 5.73. The van der Waals surface area contributed by atoms with Crippen LogP contribution in [-0.4, -0.2) is 47.9 Å². The zero-order valence-corrected chi connectivity index (χ0v) is 13.6. The number of nitrogens with zero attached hydrogens (tertiary/aromatic N) is 6. The summed E-state index contributed by atoms with van der Waals surface area (Å²) in [5, 5.41) is 8.52. The average Bonchev–Trinajstić information content (AvgIpc) is 3.08. The van der Waals surface area contributed by atoms with Gasteiger partial charge in [-0.3, -0.25) is 14.3 Å². The Kier molecular flexibility index (Phi) is 3.26. The van der Waals surface area contributed by atoms with Gasteiger partial charge in [0, 0.05) is 25.0 Å². The van der Waals surface area contributed by atoms with E-state index >= 15 is 0 Å². The van der Waals surface area contributed by atoms with E-state index in [1.807, 2.05) is 24.6 Å². The minimum absolute atomic E-state index is 0.0374. The number of carbonyl (C=O) groups excluding carboxylic acids is 1. The van der Waals surface area contributed by atoms with E-state index < -0.39 is 0 Å². The van der Waals surface area contributed by atoms with Gasteiger partial charge in [-0.05, 0) is 32.0 Å². The third-order valence-electron chi connectivity index (χ3n) is 4.44. The van der Waals surface area contributed by atoms with Crippen LogP contribution < -0.4 is 5.56 Å². The molecule has 0 saturated carbocycles. The topological polar surface area (TPSA) is 77.4 Å². The summed E-state index contributed by atoms with van der Waals surface area (Å²) in [6.07, 6.45) is 3.29. The summed E-state index contributed by atoms with van der Waals surface area (Å²) in [6.45, 7) is 5.16. The normalized spacial score (nSPS) is 15.0. The second kappa shape index (κ2) is 5.33. The Morgan fingerprint density at radius 1 is 1.33 bits per heavy atom. The van der Waals surface area contributed by atoms with Crippen molar-refractivity contribution in [3.05, 3.63) is 52.5 Å². The predicted octanol–water partition coefficient (Wildman–Crippen LogP) is 0.393. The summed E-state index contributed by atoms with van der Waals surface area (Å²) < 4.78 is 4.83. The Morgan fingerprint density at radius 3 is 2.83 bits per heavy atom. The number of hydrogen-bond donors (Lipinski definition) is 0. The van der Waals surface area contributed by atoms with Gasteiger partial charge in [0.15, 0.2) is 0 Å². The zero-order valence-electron chi connectivity index (χ0n) is 13.6. The molecular weight excluding hydrogens is 308 g/mol. The van der Waals surface area contributed by atoms with E-state index in [1.165, 1.54) is 4.68 Å². The van der Waals surface area contributed by atoms with Crippen LogP contribution in [0.15, 0.2) is 35.5 Å². The van der Waals surface area contributed by atoms with Gasteiger partial charge in [-0.15, -0.1) is 0 Å². The van der Waals surface area contributed by atoms with Gasteiger partial charge in [0.2, 0.25) is 5.91 Å². The number of aryl methyl sites for hydroxylation is 2. The summed E-state index contributed by atoms with van der Waals surface area (Å²) in [4.78, 5) is 26.4. The first-order valence-corrected chi connectivity index (χ1v) is 7.86. The molecule has 1 aliphatic rings. The highest BCUT2D eigenvalue weighted by atomic mass is 16.2. The molecule has 4 rings (SSSR count). The van der Waals surface area contributed by atoms with Crippen molar-refractivity contribution in [2.45, 2.75) is 26.4 Å². The van der Waals surface area contributed by atoms with E-state index in [0.29, 0.717) is 18.6 Å². The molecule has 0 unspecified atom stereocenters. The summed E-state index contributed by atoms with van der Waals surface area (Å²) in [5.41, 5.74) is 2.34. The van der Waals surface area contributed by atoms with Gasteiger partial charge in [0.05, 0.1) is 11.7 Å². The molecule has 1 fully saturated rings. The minimum Gasteiger partial charge on any atom is -0.337 e. The smallest absolute Gasteiger partial charge is 0.291 e. The number of fused-ring (bicyclic) bond motifs is 1. The van der Waals surface area contributed by atoms with Crippen LogP contribution in [0.2, 0.25) is 0 Å². The molecule has 8 nitrogen and oxygen atoms in total. The van der Waals surface area contributed by atoms with Crippen molar-refractivity contribution < 1.29 is 4.79 Å². The van der Waals surface area contributed by atoms with Crippen LogP contribution in [0.1, 0.15) is 17.4 Å². The van der Waals surface area contributed by atoms with Crippen LogP contribution in [0.25, 0.3) is 5.52 Å². The van der Waals surface area contributed by atoms with Crippen molar-refractivity contribution in [1.29, 1.82) is 0 Å². The fraction of sp³-hybridized carbons (Fsp3) is 0.375. The van der Waals surface area contributed by atoms with Gasteiger partial charge in [0.1, 0.15) is 18.4 Å². The molecule has 1 saturated heterocycles. The van der Waals surface area contributed by atoms with Crippen molar-refractivity contribution in [2.75, 3.05) is 13.1 Å². The summed E-state index contributed by atoms with van der Waals surface area (Å²) in [7, 11) is 0. The van der Waals surface area contributed by atoms with E-state index in [4.69, 9.17) is 0 Å². The standard InChI is InChI=1S/C16H18N6O2/c1-11-6-12(2)22(18-11)13-7-20(8-13)15(23)9-21-16(24)14-4-3-5-19(14)10-17-21/h3-6,10,13H,7-9H2,1-2H3. The van der Waals surface area contributed by atoms with E-state index in [1.54, 1.807) is 34.0 Å². The van der Waals surface area contributed by atoms with E-state index in [0.717, 1.165) is 11.4 Å². The first kappa shape index (κ1) is 14.7. The molecule has 0 bridgehead atoms. The zero-order chi connectivity index (χ0) is 16.8. The number of rotatable bonds is 3. The molecule has 0 atom stereocenters. The van der Waals surface area contributed by atoms with Crippen molar-refractivity contribution in [1.82, 2.24) is 28.9 Å². The molecule has 1 aliphatic heterocycles. The Bertz CT molecular complexity index is 976. The lowest BCUT2D eigenvalue weighted by atomic mass is 10.1. The van der Waals surface area contributed by atoms with E-state index in [9.17, 15) is 9.59 Å². The van der Waals surface area contributed by atoms with Crippen LogP contribution >= 0.6 is 0 Å². The first-order chi connectivity index (χ1) is 11.5. The number of amides is 1. The predicted molar refractivity (Wildman–Crippen MR) is 86.8 cm³/mol. The lowest BCUT2D eigenvalue weighted by Crippen LogP contribution is -2.52. The number of aromatic nitrogens is 5. The lowest BCUT2D eigenvalue weighted by Gasteiger charge is -2.39. The molecule has 124 valence electrons. The summed E-state index contributed by atoms with van der Waals surface area (Å²) >= 11 is 0. The van der Waals surface area contributed by atoms with Gasteiger partial charge in [-0.1, -0.05) is 0 Å². The molecule has 0 radical (unpaired) electrons. The maximum Gasteiger partial charge on any atom is 0.291 e. The molecule has 8 heteroatoms. The van der Waals surface area contributed by atoms with Gasteiger partial charge in [-0.25, -0.2) is 4.68 Å². The molecule has 24 heavy (non-hydrogen) atoms. The molecule has 0 spiro atoms. The Morgan fingerprint density at radius 2 is 2.12 bits per heavy atom. The number of hydrogen-bond acceptors (Lipinski definition) is 4. The van der Waals surface area contributed by atoms with Crippen LogP contribution in [0.5, 0.6) is 0 Å². The van der Waals surface area contributed by atoms with E-state index in [-0.39, 0.29) is 24.1 Å². The molecule has 0 aromatic carbocycles. The highest BCUT2D eigenvalue weighted by Gasteiger charge is 2.33. The van der Waals surface area contributed by atoms with Crippen molar-refractivity contribution in [3.63, 3.8) is 0 Å². The lowest BCUT2D eigenvalue weighted by molar-refractivity contribution is -0.138. The molecule has 3 aromatic rings. The fourth-order valence-electron chi connectivity index (χ4n) is 3.15. The van der Waals surface area contributed by atoms with Crippen LogP contribution in [-0.2, 0) is 11.3 Å². The average molecular weight is 326 g/mol. The van der Waals surface area contributed by atoms with E-state index in [2.05, 4.69) is 10.2 Å². The largest absolute Gasteiger partial charge is 0.337 e. The Balaban J connectivity index is 1.45. The van der Waals surface area contributed by atoms with Crippen molar-refractivity contribution in [2.24, 2.45) is 0 Å². The second-order valence-corrected chi connectivity index (χ2v) is 6.22. The Labute approximate surface area is 137 Å². The van der Waals surface area contributed by atoms with Gasteiger partial charge < -0.3 is 9.30 Å². The minimum atomic E-state index is -0.258. The third-order valence-corrected chi connectivity index (χ3v) is 4.44. The molecule has 3 aromatic heterocycles. The number of carbonyl (C=O) groups is 1. The SMILES string of the molecule is Cc1cc(C)n(C2CN(C(=O)Cn3ncn4cccc4c3=O)C2)n1. The monoisotopic (exact) mass is 326 g/mol. The summed E-state index contributed by atoms with van der Waals surface area (Å²) in [5.74, 6) is -0.0988. The third kappa shape index (κ3) is 2.31. The maximum absolute atomic E-state index is 12.4. The van der Waals surface area contributed by atoms with Crippen LogP contribution in [0, 0.1) is 13.8 Å². The number of likely N-dealkylation sites (tertiary alicyclic amines) is 1. The van der Waals surface area contributed by atoms with Crippen molar-refractivity contribution >= 4 is 11.4 Å².